The highest BCUT2D eigenvalue weighted by Gasteiger charge is 2.25. The van der Waals surface area contributed by atoms with Crippen molar-refractivity contribution in [3.05, 3.63) is 0 Å². The van der Waals surface area contributed by atoms with Crippen LogP contribution in [0.3, 0.4) is 0 Å². The standard InChI is InChI=1S/C11H20N2S/c1-9(8-14-2)13-11-6-4-3-5-10(11)7-12/h9-11,13H,3-6,8H2,1-2H3. The number of hydrogen-bond acceptors (Lipinski definition) is 3. The first-order chi connectivity index (χ1) is 6.77. The average Bonchev–Trinajstić information content (AvgIpc) is 2.19. The molecule has 0 amide bonds. The maximum atomic E-state index is 9.01. The molecule has 0 spiro atoms. The lowest BCUT2D eigenvalue weighted by molar-refractivity contribution is 0.297. The normalized spacial score (nSPS) is 29.5. The van der Waals surface area contributed by atoms with Gasteiger partial charge in [0.15, 0.2) is 0 Å². The summed E-state index contributed by atoms with van der Waals surface area (Å²) < 4.78 is 0. The van der Waals surface area contributed by atoms with Crippen LogP contribution in [-0.2, 0) is 0 Å². The number of thioether (sulfide) groups is 1. The maximum Gasteiger partial charge on any atom is 0.0672 e. The molecule has 14 heavy (non-hydrogen) atoms. The van der Waals surface area contributed by atoms with Crippen LogP contribution >= 0.6 is 11.8 Å². The molecule has 1 saturated carbocycles. The molecular weight excluding hydrogens is 192 g/mol. The second kappa shape index (κ2) is 6.31. The second-order valence-electron chi connectivity index (χ2n) is 4.15. The molecule has 1 N–H and O–H groups in total. The van der Waals surface area contributed by atoms with Crippen molar-refractivity contribution in [1.82, 2.24) is 5.32 Å². The molecular formula is C11H20N2S. The van der Waals surface area contributed by atoms with Gasteiger partial charge < -0.3 is 5.32 Å². The lowest BCUT2D eigenvalue weighted by Crippen LogP contribution is -2.43. The van der Waals surface area contributed by atoms with E-state index in [0.29, 0.717) is 12.1 Å². The molecule has 0 aromatic carbocycles. The van der Waals surface area contributed by atoms with E-state index in [4.69, 9.17) is 5.26 Å². The summed E-state index contributed by atoms with van der Waals surface area (Å²) in [5.74, 6) is 1.38. The summed E-state index contributed by atoms with van der Waals surface area (Å²) in [5, 5.41) is 12.6. The predicted molar refractivity (Wildman–Crippen MR) is 62.3 cm³/mol. The Hall–Kier alpha value is -0.200. The smallest absolute Gasteiger partial charge is 0.0672 e. The molecule has 3 heteroatoms. The van der Waals surface area contributed by atoms with Crippen LogP contribution < -0.4 is 5.32 Å². The van der Waals surface area contributed by atoms with Crippen LogP contribution in [0.1, 0.15) is 32.6 Å². The largest absolute Gasteiger partial charge is 0.309 e. The Morgan fingerprint density at radius 2 is 2.21 bits per heavy atom. The summed E-state index contributed by atoms with van der Waals surface area (Å²) in [7, 11) is 0. The molecule has 0 radical (unpaired) electrons. The molecule has 1 fully saturated rings. The third-order valence-electron chi connectivity index (χ3n) is 2.85. The minimum atomic E-state index is 0.244. The summed E-state index contributed by atoms with van der Waals surface area (Å²) in [6.07, 6.45) is 6.90. The van der Waals surface area contributed by atoms with Crippen LogP contribution in [0.5, 0.6) is 0 Å². The Kier molecular flexibility index (Phi) is 5.36. The van der Waals surface area contributed by atoms with Crippen LogP contribution in [0.15, 0.2) is 0 Å². The first-order valence-corrected chi connectivity index (χ1v) is 6.82. The average molecular weight is 212 g/mol. The van der Waals surface area contributed by atoms with Crippen LogP contribution in [0.2, 0.25) is 0 Å². The van der Waals surface area contributed by atoms with Gasteiger partial charge in [0.1, 0.15) is 0 Å². The zero-order valence-corrected chi connectivity index (χ0v) is 9.94. The van der Waals surface area contributed by atoms with E-state index in [0.717, 1.165) is 12.2 Å². The van der Waals surface area contributed by atoms with Crippen molar-refractivity contribution in [3.63, 3.8) is 0 Å². The van der Waals surface area contributed by atoms with Crippen molar-refractivity contribution in [2.75, 3.05) is 12.0 Å². The van der Waals surface area contributed by atoms with Crippen LogP contribution in [0, 0.1) is 17.2 Å². The monoisotopic (exact) mass is 212 g/mol. The summed E-state index contributed by atoms with van der Waals surface area (Å²) in [4.78, 5) is 0. The van der Waals surface area contributed by atoms with Gasteiger partial charge in [-0.3, -0.25) is 0 Å². The Balaban J connectivity index is 2.37. The van der Waals surface area contributed by atoms with E-state index < -0.39 is 0 Å². The molecule has 0 bridgehead atoms. The maximum absolute atomic E-state index is 9.01. The number of nitrogens with one attached hydrogen (secondary N) is 1. The molecule has 1 aliphatic rings. The zero-order valence-electron chi connectivity index (χ0n) is 9.12. The van der Waals surface area contributed by atoms with Gasteiger partial charge in [0, 0.05) is 17.8 Å². The Labute approximate surface area is 91.4 Å². The lowest BCUT2D eigenvalue weighted by Gasteiger charge is -2.30. The molecule has 0 aromatic heterocycles. The van der Waals surface area contributed by atoms with Gasteiger partial charge in [0.25, 0.3) is 0 Å². The Morgan fingerprint density at radius 1 is 1.50 bits per heavy atom. The van der Waals surface area contributed by atoms with E-state index in [2.05, 4.69) is 24.6 Å². The summed E-state index contributed by atoms with van der Waals surface area (Å²) in [6, 6.07) is 3.40. The van der Waals surface area contributed by atoms with Gasteiger partial charge in [-0.1, -0.05) is 12.8 Å². The van der Waals surface area contributed by atoms with Gasteiger partial charge in [-0.05, 0) is 26.0 Å². The molecule has 0 saturated heterocycles. The first-order valence-electron chi connectivity index (χ1n) is 5.42. The highest BCUT2D eigenvalue weighted by atomic mass is 32.2. The van der Waals surface area contributed by atoms with Gasteiger partial charge in [0.2, 0.25) is 0 Å². The number of rotatable bonds is 4. The summed E-state index contributed by atoms with van der Waals surface area (Å²) >= 11 is 1.86. The topological polar surface area (TPSA) is 35.8 Å². The fourth-order valence-electron chi connectivity index (χ4n) is 2.15. The minimum Gasteiger partial charge on any atom is -0.309 e. The van der Waals surface area contributed by atoms with Gasteiger partial charge >= 0.3 is 0 Å². The van der Waals surface area contributed by atoms with Crippen LogP contribution in [-0.4, -0.2) is 24.1 Å². The fourth-order valence-corrected chi connectivity index (χ4v) is 2.74. The molecule has 3 atom stereocenters. The fraction of sp³-hybridized carbons (Fsp3) is 0.909. The lowest BCUT2D eigenvalue weighted by atomic mass is 9.85. The second-order valence-corrected chi connectivity index (χ2v) is 5.06. The molecule has 1 rings (SSSR count). The summed E-state index contributed by atoms with van der Waals surface area (Å²) in [5.41, 5.74) is 0. The SMILES string of the molecule is CSCC(C)NC1CCCCC1C#N. The molecule has 2 nitrogen and oxygen atoms in total. The number of nitrogens with zero attached hydrogens (tertiary/aromatic N) is 1. The third kappa shape index (κ3) is 3.51. The quantitative estimate of drug-likeness (QED) is 0.777. The first kappa shape index (κ1) is 11.9. The Morgan fingerprint density at radius 3 is 2.86 bits per heavy atom. The van der Waals surface area contributed by atoms with Crippen LogP contribution in [0.4, 0.5) is 0 Å². The van der Waals surface area contributed by atoms with Crippen molar-refractivity contribution >= 4 is 11.8 Å². The van der Waals surface area contributed by atoms with Crippen molar-refractivity contribution in [3.8, 4) is 6.07 Å². The number of nitriles is 1. The highest BCUT2D eigenvalue weighted by Crippen LogP contribution is 2.24. The molecule has 0 heterocycles. The molecule has 3 unspecified atom stereocenters. The van der Waals surface area contributed by atoms with Crippen LogP contribution in [0.25, 0.3) is 0 Å². The van der Waals surface area contributed by atoms with E-state index in [1.807, 2.05) is 11.8 Å². The highest BCUT2D eigenvalue weighted by molar-refractivity contribution is 7.98. The Bertz CT molecular complexity index is 200. The molecule has 1 aliphatic carbocycles. The van der Waals surface area contributed by atoms with Crippen molar-refractivity contribution in [1.29, 1.82) is 5.26 Å². The summed E-state index contributed by atoms with van der Waals surface area (Å²) in [6.45, 7) is 2.21. The minimum absolute atomic E-state index is 0.244. The van der Waals surface area contributed by atoms with Gasteiger partial charge in [0.05, 0.1) is 12.0 Å². The van der Waals surface area contributed by atoms with E-state index in [9.17, 15) is 0 Å². The van der Waals surface area contributed by atoms with Gasteiger partial charge in [-0.15, -0.1) is 0 Å². The van der Waals surface area contributed by atoms with Gasteiger partial charge in [-0.2, -0.15) is 17.0 Å². The van der Waals surface area contributed by atoms with E-state index >= 15 is 0 Å². The van der Waals surface area contributed by atoms with Gasteiger partial charge in [-0.25, -0.2) is 0 Å². The van der Waals surface area contributed by atoms with E-state index in [1.54, 1.807) is 0 Å². The van der Waals surface area contributed by atoms with Crippen molar-refractivity contribution in [2.45, 2.75) is 44.7 Å². The zero-order chi connectivity index (χ0) is 10.4. The molecule has 0 aromatic rings. The number of hydrogen-bond donors (Lipinski definition) is 1. The van der Waals surface area contributed by atoms with E-state index in [1.165, 1.54) is 19.3 Å². The molecule has 0 aliphatic heterocycles. The van der Waals surface area contributed by atoms with Crippen molar-refractivity contribution in [2.24, 2.45) is 5.92 Å². The van der Waals surface area contributed by atoms with E-state index in [-0.39, 0.29) is 5.92 Å². The predicted octanol–water partition coefficient (Wildman–Crippen LogP) is 2.41. The molecule has 80 valence electrons. The van der Waals surface area contributed by atoms with Crippen molar-refractivity contribution < 1.29 is 0 Å². The third-order valence-corrected chi connectivity index (χ3v) is 3.68.